The van der Waals surface area contributed by atoms with Crippen molar-refractivity contribution < 1.29 is 23.6 Å². The van der Waals surface area contributed by atoms with Gasteiger partial charge in [0.15, 0.2) is 24.0 Å². The van der Waals surface area contributed by atoms with Crippen molar-refractivity contribution >= 4 is 5.97 Å². The van der Waals surface area contributed by atoms with E-state index in [0.717, 1.165) is 12.5 Å². The zero-order chi connectivity index (χ0) is 14.5. The Bertz CT molecular complexity index is 612. The van der Waals surface area contributed by atoms with Crippen LogP contribution in [0.25, 0.3) is 0 Å². The summed E-state index contributed by atoms with van der Waals surface area (Å²) in [6, 6.07) is 3.69. The third-order valence-electron chi connectivity index (χ3n) is 2.52. The average Bonchev–Trinajstić information content (AvgIpc) is 2.85. The number of hydrogen-bond donors (Lipinski definition) is 1. The largest absolute Gasteiger partial charge is 0.480 e. The maximum atomic E-state index is 13.6. The number of benzene rings is 1. The molecular weight excluding hydrogens is 267 g/mol. The number of nitrogens with zero attached hydrogens (tertiary/aromatic N) is 2. The van der Waals surface area contributed by atoms with Gasteiger partial charge in [0.05, 0.1) is 0 Å². The second kappa shape index (κ2) is 6.14. The number of carboxylic acids is 1. The molecule has 0 saturated carbocycles. The average molecular weight is 280 g/mol. The number of aromatic carboxylic acids is 1. The molecule has 0 spiro atoms. The number of para-hydroxylation sites is 1. The van der Waals surface area contributed by atoms with Gasteiger partial charge < -0.3 is 14.4 Å². The summed E-state index contributed by atoms with van der Waals surface area (Å²) in [6.07, 6.45) is 1.54. The van der Waals surface area contributed by atoms with E-state index in [2.05, 4.69) is 10.1 Å². The second-order valence-corrected chi connectivity index (χ2v) is 4.06. The van der Waals surface area contributed by atoms with Crippen molar-refractivity contribution in [1.29, 1.82) is 0 Å². The zero-order valence-electron chi connectivity index (χ0n) is 10.8. The monoisotopic (exact) mass is 280 g/mol. The molecule has 0 atom stereocenters. The van der Waals surface area contributed by atoms with E-state index in [0.29, 0.717) is 12.2 Å². The third-order valence-corrected chi connectivity index (χ3v) is 2.52. The van der Waals surface area contributed by atoms with Crippen molar-refractivity contribution in [2.24, 2.45) is 0 Å². The van der Waals surface area contributed by atoms with Gasteiger partial charge in [0.1, 0.15) is 5.56 Å². The van der Waals surface area contributed by atoms with Crippen molar-refractivity contribution in [2.45, 2.75) is 26.4 Å². The highest BCUT2D eigenvalue weighted by atomic mass is 19.1. The van der Waals surface area contributed by atoms with E-state index in [1.165, 1.54) is 12.1 Å². The van der Waals surface area contributed by atoms with Crippen LogP contribution in [0.15, 0.2) is 22.7 Å². The summed E-state index contributed by atoms with van der Waals surface area (Å²) in [5.74, 6) is -1.64. The molecule has 1 aromatic carbocycles. The van der Waals surface area contributed by atoms with Crippen LogP contribution in [-0.4, -0.2) is 21.2 Å². The minimum absolute atomic E-state index is 0.174. The Morgan fingerprint density at radius 3 is 3.00 bits per heavy atom. The van der Waals surface area contributed by atoms with Crippen molar-refractivity contribution in [2.75, 3.05) is 0 Å². The third kappa shape index (κ3) is 3.11. The molecule has 1 heterocycles. The van der Waals surface area contributed by atoms with Crippen molar-refractivity contribution in [3.63, 3.8) is 0 Å². The molecule has 0 unspecified atom stereocenters. The first-order chi connectivity index (χ1) is 9.61. The highest BCUT2D eigenvalue weighted by Crippen LogP contribution is 2.23. The fourth-order valence-corrected chi connectivity index (χ4v) is 1.63. The van der Waals surface area contributed by atoms with E-state index in [9.17, 15) is 9.18 Å². The van der Waals surface area contributed by atoms with E-state index in [1.54, 1.807) is 0 Å². The molecule has 6 nitrogen and oxygen atoms in total. The summed E-state index contributed by atoms with van der Waals surface area (Å²) in [5, 5.41) is 12.7. The van der Waals surface area contributed by atoms with Gasteiger partial charge in [-0.3, -0.25) is 0 Å². The molecule has 0 aliphatic carbocycles. The normalized spacial score (nSPS) is 10.5. The Labute approximate surface area is 114 Å². The van der Waals surface area contributed by atoms with Crippen LogP contribution >= 0.6 is 0 Å². The lowest BCUT2D eigenvalue weighted by molar-refractivity contribution is 0.0689. The summed E-state index contributed by atoms with van der Waals surface area (Å²) in [7, 11) is 0. The molecule has 0 saturated heterocycles. The molecule has 7 heteroatoms. The molecule has 2 aromatic rings. The fourth-order valence-electron chi connectivity index (χ4n) is 1.63. The van der Waals surface area contributed by atoms with Gasteiger partial charge in [0, 0.05) is 6.42 Å². The first-order valence-electron chi connectivity index (χ1n) is 6.08. The maximum absolute atomic E-state index is 13.6. The van der Waals surface area contributed by atoms with Crippen LogP contribution in [0.2, 0.25) is 0 Å². The number of halogens is 1. The van der Waals surface area contributed by atoms with Crippen LogP contribution in [0.4, 0.5) is 4.39 Å². The topological polar surface area (TPSA) is 85.5 Å². The van der Waals surface area contributed by atoms with Crippen LogP contribution in [0.3, 0.4) is 0 Å². The van der Waals surface area contributed by atoms with Crippen molar-refractivity contribution in [3.8, 4) is 5.75 Å². The predicted molar refractivity (Wildman–Crippen MR) is 66.0 cm³/mol. The first-order valence-corrected chi connectivity index (χ1v) is 6.08. The van der Waals surface area contributed by atoms with Crippen LogP contribution in [-0.2, 0) is 13.0 Å². The molecular formula is C13H13FN2O4. The number of ether oxygens (including phenoxy) is 1. The second-order valence-electron chi connectivity index (χ2n) is 4.06. The van der Waals surface area contributed by atoms with Gasteiger partial charge in [-0.15, -0.1) is 0 Å². The highest BCUT2D eigenvalue weighted by Gasteiger charge is 2.17. The summed E-state index contributed by atoms with van der Waals surface area (Å²) in [4.78, 5) is 15.0. The van der Waals surface area contributed by atoms with Crippen LogP contribution in [0.5, 0.6) is 5.75 Å². The molecule has 1 N–H and O–H groups in total. The molecule has 0 amide bonds. The van der Waals surface area contributed by atoms with Gasteiger partial charge in [0.2, 0.25) is 0 Å². The number of aryl methyl sites for hydroxylation is 1. The fraction of sp³-hybridized carbons (Fsp3) is 0.308. The van der Waals surface area contributed by atoms with E-state index in [4.69, 9.17) is 14.4 Å². The smallest absolute Gasteiger partial charge is 0.339 e. The molecule has 1 aromatic heterocycles. The maximum Gasteiger partial charge on any atom is 0.339 e. The lowest BCUT2D eigenvalue weighted by Crippen LogP contribution is -2.05. The summed E-state index contributed by atoms with van der Waals surface area (Å²) < 4.78 is 23.7. The number of carbonyl (C=O) groups is 1. The minimum atomic E-state index is -1.27. The number of aromatic nitrogens is 2. The van der Waals surface area contributed by atoms with Gasteiger partial charge in [-0.05, 0) is 18.6 Å². The van der Waals surface area contributed by atoms with Gasteiger partial charge in [-0.25, -0.2) is 9.18 Å². The van der Waals surface area contributed by atoms with E-state index < -0.39 is 11.8 Å². The minimum Gasteiger partial charge on any atom is -0.480 e. The summed E-state index contributed by atoms with van der Waals surface area (Å²) in [5.41, 5.74) is -0.252. The SMILES string of the molecule is CCCc1noc(COc2c(F)cccc2C(=O)O)n1. The molecule has 106 valence electrons. The lowest BCUT2D eigenvalue weighted by Gasteiger charge is -2.07. The van der Waals surface area contributed by atoms with Crippen LogP contribution in [0, 0.1) is 5.82 Å². The summed E-state index contributed by atoms with van der Waals surface area (Å²) in [6.45, 7) is 1.79. The van der Waals surface area contributed by atoms with Crippen molar-refractivity contribution in [3.05, 3.63) is 41.3 Å². The van der Waals surface area contributed by atoms with Gasteiger partial charge >= 0.3 is 5.97 Å². The zero-order valence-corrected chi connectivity index (χ0v) is 10.8. The molecule has 20 heavy (non-hydrogen) atoms. The van der Waals surface area contributed by atoms with Crippen molar-refractivity contribution in [1.82, 2.24) is 10.1 Å². The molecule has 0 fully saturated rings. The summed E-state index contributed by atoms with van der Waals surface area (Å²) >= 11 is 0. The highest BCUT2D eigenvalue weighted by molar-refractivity contribution is 5.90. The van der Waals surface area contributed by atoms with E-state index in [-0.39, 0.29) is 23.8 Å². The Kier molecular flexibility index (Phi) is 4.29. The Hall–Kier alpha value is -2.44. The molecule has 0 aliphatic rings. The molecule has 0 radical (unpaired) electrons. The van der Waals surface area contributed by atoms with E-state index in [1.807, 2.05) is 6.92 Å². The quantitative estimate of drug-likeness (QED) is 0.874. The van der Waals surface area contributed by atoms with Gasteiger partial charge in [-0.2, -0.15) is 4.98 Å². The van der Waals surface area contributed by atoms with E-state index >= 15 is 0 Å². The Balaban J connectivity index is 2.12. The van der Waals surface area contributed by atoms with Crippen LogP contribution < -0.4 is 4.74 Å². The molecule has 2 rings (SSSR count). The molecule has 0 bridgehead atoms. The number of hydrogen-bond acceptors (Lipinski definition) is 5. The Morgan fingerprint density at radius 2 is 2.30 bits per heavy atom. The molecule has 0 aliphatic heterocycles. The van der Waals surface area contributed by atoms with Gasteiger partial charge in [-0.1, -0.05) is 18.1 Å². The lowest BCUT2D eigenvalue weighted by atomic mass is 10.2. The standard InChI is InChI=1S/C13H13FN2O4/c1-2-4-10-15-11(20-16-10)7-19-12-8(13(17)18)5-3-6-9(12)14/h3,5-6H,2,4,7H2,1H3,(H,17,18). The number of rotatable bonds is 6. The Morgan fingerprint density at radius 1 is 1.50 bits per heavy atom. The van der Waals surface area contributed by atoms with Crippen LogP contribution in [0.1, 0.15) is 35.4 Å². The number of carboxylic acid groups (broad SMARTS) is 1. The van der Waals surface area contributed by atoms with Gasteiger partial charge in [0.25, 0.3) is 5.89 Å². The predicted octanol–water partition coefficient (Wildman–Crippen LogP) is 2.44. The first kappa shape index (κ1) is 14.0.